The van der Waals surface area contributed by atoms with Crippen molar-refractivity contribution < 1.29 is 0 Å². The topological polar surface area (TPSA) is 56.5 Å². The fourth-order valence-electron chi connectivity index (χ4n) is 2.62. The molecule has 2 aromatic heterocycles. The molecule has 1 aliphatic carbocycles. The lowest BCUT2D eigenvalue weighted by molar-refractivity contribution is 0.590. The third-order valence-corrected chi connectivity index (χ3v) is 6.19. The van der Waals surface area contributed by atoms with Crippen LogP contribution in [0.1, 0.15) is 50.9 Å². The van der Waals surface area contributed by atoms with Crippen molar-refractivity contribution in [3.8, 4) is 11.4 Å². The average molecular weight is 372 g/mol. The Morgan fingerprint density at radius 1 is 1.12 bits per heavy atom. The Morgan fingerprint density at radius 2 is 1.84 bits per heavy atom. The van der Waals surface area contributed by atoms with Gasteiger partial charge in [-0.3, -0.25) is 0 Å². The van der Waals surface area contributed by atoms with Gasteiger partial charge in [-0.05, 0) is 47.1 Å². The number of rotatable bonds is 4. The zero-order valence-corrected chi connectivity index (χ0v) is 16.5. The van der Waals surface area contributed by atoms with Gasteiger partial charge in [0.25, 0.3) is 0 Å². The standard InChI is InChI=1S/C18H21N5S2/c1-18(2,3)13-9-7-12(8-10-13)15-20-21-16(23(15)4)24-17-19-14(22-25-17)11-5-6-11/h7-11H,5-6H2,1-4H3. The van der Waals surface area contributed by atoms with Crippen LogP contribution in [0.2, 0.25) is 0 Å². The number of hydrogen-bond acceptors (Lipinski definition) is 6. The monoisotopic (exact) mass is 371 g/mol. The summed E-state index contributed by atoms with van der Waals surface area (Å²) >= 11 is 2.99. The highest BCUT2D eigenvalue weighted by Crippen LogP contribution is 2.40. The summed E-state index contributed by atoms with van der Waals surface area (Å²) in [5, 5.41) is 9.56. The van der Waals surface area contributed by atoms with Crippen LogP contribution in [0.4, 0.5) is 0 Å². The lowest BCUT2D eigenvalue weighted by atomic mass is 9.87. The predicted octanol–water partition coefficient (Wildman–Crippen LogP) is 4.66. The zero-order chi connectivity index (χ0) is 17.6. The molecular weight excluding hydrogens is 350 g/mol. The molecule has 4 rings (SSSR count). The van der Waals surface area contributed by atoms with Crippen LogP contribution in [0.5, 0.6) is 0 Å². The molecule has 1 aliphatic rings. The first-order chi connectivity index (χ1) is 11.9. The van der Waals surface area contributed by atoms with Gasteiger partial charge in [-0.2, -0.15) is 4.37 Å². The number of hydrogen-bond donors (Lipinski definition) is 0. The minimum atomic E-state index is 0.149. The van der Waals surface area contributed by atoms with E-state index in [9.17, 15) is 0 Å². The molecule has 0 spiro atoms. The van der Waals surface area contributed by atoms with Gasteiger partial charge in [0, 0.05) is 18.5 Å². The maximum atomic E-state index is 4.62. The van der Waals surface area contributed by atoms with Gasteiger partial charge < -0.3 is 4.57 Å². The van der Waals surface area contributed by atoms with Crippen LogP contribution in [-0.4, -0.2) is 24.1 Å². The van der Waals surface area contributed by atoms with Crippen molar-refractivity contribution in [2.45, 2.75) is 54.4 Å². The lowest BCUT2D eigenvalue weighted by Gasteiger charge is -2.19. The van der Waals surface area contributed by atoms with Gasteiger partial charge in [-0.25, -0.2) is 4.98 Å². The van der Waals surface area contributed by atoms with E-state index in [2.05, 4.69) is 64.6 Å². The molecule has 0 amide bonds. The highest BCUT2D eigenvalue weighted by atomic mass is 32.2. The Hall–Kier alpha value is -1.73. The van der Waals surface area contributed by atoms with Gasteiger partial charge >= 0.3 is 0 Å². The van der Waals surface area contributed by atoms with Crippen LogP contribution in [0.25, 0.3) is 11.4 Å². The third kappa shape index (κ3) is 3.48. The van der Waals surface area contributed by atoms with Gasteiger partial charge in [0.15, 0.2) is 15.3 Å². The Morgan fingerprint density at radius 3 is 2.48 bits per heavy atom. The van der Waals surface area contributed by atoms with Crippen LogP contribution in [0.15, 0.2) is 33.8 Å². The van der Waals surface area contributed by atoms with E-state index in [0.29, 0.717) is 5.92 Å². The summed E-state index contributed by atoms with van der Waals surface area (Å²) in [4.78, 5) is 4.62. The van der Waals surface area contributed by atoms with E-state index in [1.807, 2.05) is 11.6 Å². The maximum absolute atomic E-state index is 4.62. The molecule has 5 nitrogen and oxygen atoms in total. The van der Waals surface area contributed by atoms with E-state index >= 15 is 0 Å². The van der Waals surface area contributed by atoms with Crippen molar-refractivity contribution in [1.29, 1.82) is 0 Å². The third-order valence-electron chi connectivity index (χ3n) is 4.39. The Labute approximate surface area is 156 Å². The second-order valence-electron chi connectivity index (χ2n) is 7.49. The number of aromatic nitrogens is 5. The summed E-state index contributed by atoms with van der Waals surface area (Å²) in [5.74, 6) is 2.45. The first kappa shape index (κ1) is 16.7. The maximum Gasteiger partial charge on any atom is 0.198 e. The minimum absolute atomic E-state index is 0.149. The Kier molecular flexibility index (Phi) is 4.16. The predicted molar refractivity (Wildman–Crippen MR) is 101 cm³/mol. The van der Waals surface area contributed by atoms with E-state index in [1.54, 1.807) is 0 Å². The molecule has 0 radical (unpaired) electrons. The molecule has 0 N–H and O–H groups in total. The fourth-order valence-corrected chi connectivity index (χ4v) is 4.20. The van der Waals surface area contributed by atoms with E-state index in [1.165, 1.54) is 41.7 Å². The number of nitrogens with zero attached hydrogens (tertiary/aromatic N) is 5. The minimum Gasteiger partial charge on any atom is -0.305 e. The van der Waals surface area contributed by atoms with E-state index in [-0.39, 0.29) is 5.41 Å². The van der Waals surface area contributed by atoms with Crippen LogP contribution in [0, 0.1) is 0 Å². The molecule has 1 aromatic carbocycles. The fraction of sp³-hybridized carbons (Fsp3) is 0.444. The quantitative estimate of drug-likeness (QED) is 0.667. The molecule has 1 saturated carbocycles. The van der Waals surface area contributed by atoms with Gasteiger partial charge in [0.1, 0.15) is 5.82 Å². The van der Waals surface area contributed by atoms with Crippen molar-refractivity contribution in [2.24, 2.45) is 7.05 Å². The SMILES string of the molecule is Cn1c(Sc2nc(C3CC3)ns2)nnc1-c1ccc(C(C)(C)C)cc1. The van der Waals surface area contributed by atoms with Gasteiger partial charge in [0.2, 0.25) is 0 Å². The van der Waals surface area contributed by atoms with E-state index < -0.39 is 0 Å². The molecule has 7 heteroatoms. The normalized spacial score (nSPS) is 14.9. The second-order valence-corrected chi connectivity index (χ2v) is 9.45. The summed E-state index contributed by atoms with van der Waals surface area (Å²) in [7, 11) is 2.00. The molecule has 130 valence electrons. The van der Waals surface area contributed by atoms with Gasteiger partial charge in [-0.15, -0.1) is 10.2 Å². The first-order valence-corrected chi connectivity index (χ1v) is 10.0. The summed E-state index contributed by atoms with van der Waals surface area (Å²) in [6.45, 7) is 6.66. The van der Waals surface area contributed by atoms with Crippen molar-refractivity contribution in [1.82, 2.24) is 24.1 Å². The van der Waals surface area contributed by atoms with E-state index in [4.69, 9.17) is 0 Å². The summed E-state index contributed by atoms with van der Waals surface area (Å²) in [6.07, 6.45) is 2.44. The zero-order valence-electron chi connectivity index (χ0n) is 14.9. The Balaban J connectivity index is 1.55. The van der Waals surface area contributed by atoms with Crippen molar-refractivity contribution in [3.63, 3.8) is 0 Å². The number of benzene rings is 1. The van der Waals surface area contributed by atoms with Crippen molar-refractivity contribution in [3.05, 3.63) is 35.7 Å². The van der Waals surface area contributed by atoms with Crippen LogP contribution in [-0.2, 0) is 12.5 Å². The molecule has 0 unspecified atom stereocenters. The molecule has 0 saturated heterocycles. The molecule has 0 aliphatic heterocycles. The van der Waals surface area contributed by atoms with E-state index in [0.717, 1.165) is 26.7 Å². The molecular formula is C18H21N5S2. The highest BCUT2D eigenvalue weighted by Gasteiger charge is 2.28. The molecule has 2 heterocycles. The van der Waals surface area contributed by atoms with Crippen LogP contribution >= 0.6 is 23.3 Å². The summed E-state index contributed by atoms with van der Waals surface area (Å²) in [5.41, 5.74) is 2.54. The average Bonchev–Trinajstić information content (AvgIpc) is 3.22. The van der Waals surface area contributed by atoms with Crippen molar-refractivity contribution >= 4 is 23.3 Å². The van der Waals surface area contributed by atoms with Gasteiger partial charge in [-0.1, -0.05) is 45.0 Å². The summed E-state index contributed by atoms with van der Waals surface area (Å²) < 4.78 is 7.41. The van der Waals surface area contributed by atoms with Crippen LogP contribution in [0.3, 0.4) is 0 Å². The Bertz CT molecular complexity index is 885. The lowest BCUT2D eigenvalue weighted by Crippen LogP contribution is -2.10. The molecule has 1 fully saturated rings. The first-order valence-electron chi connectivity index (χ1n) is 8.43. The van der Waals surface area contributed by atoms with Crippen molar-refractivity contribution in [2.75, 3.05) is 0 Å². The second kappa shape index (κ2) is 6.21. The van der Waals surface area contributed by atoms with Gasteiger partial charge in [0.05, 0.1) is 0 Å². The smallest absolute Gasteiger partial charge is 0.198 e. The molecule has 0 bridgehead atoms. The molecule has 3 aromatic rings. The molecule has 25 heavy (non-hydrogen) atoms. The largest absolute Gasteiger partial charge is 0.305 e. The molecule has 0 atom stereocenters. The highest BCUT2D eigenvalue weighted by molar-refractivity contribution is 8.00. The summed E-state index contributed by atoms with van der Waals surface area (Å²) in [6, 6.07) is 8.58. The van der Waals surface area contributed by atoms with Crippen LogP contribution < -0.4 is 0 Å².